The van der Waals surface area contributed by atoms with Crippen molar-refractivity contribution >= 4 is 0 Å². The highest BCUT2D eigenvalue weighted by Crippen LogP contribution is 2.24. The minimum absolute atomic E-state index is 0.0306. The monoisotopic (exact) mass is 199 g/mol. The predicted molar refractivity (Wildman–Crippen MR) is 60.5 cm³/mol. The van der Waals surface area contributed by atoms with Crippen LogP contribution in [0.25, 0.3) is 0 Å². The summed E-state index contributed by atoms with van der Waals surface area (Å²) in [6.07, 6.45) is 5.51. The molecule has 2 heteroatoms. The van der Waals surface area contributed by atoms with E-state index in [-0.39, 0.29) is 5.60 Å². The second-order valence-corrected chi connectivity index (χ2v) is 5.21. The Kier molecular flexibility index (Phi) is 4.39. The Bertz CT molecular complexity index is 168. The number of hydrogen-bond donors (Lipinski definition) is 1. The maximum Gasteiger partial charge on any atom is 0.0746 e. The van der Waals surface area contributed by atoms with Gasteiger partial charge >= 0.3 is 0 Å². The van der Waals surface area contributed by atoms with E-state index >= 15 is 0 Å². The van der Waals surface area contributed by atoms with E-state index in [0.29, 0.717) is 6.04 Å². The van der Waals surface area contributed by atoms with Gasteiger partial charge < -0.3 is 10.1 Å². The molecule has 0 radical (unpaired) electrons. The van der Waals surface area contributed by atoms with Crippen molar-refractivity contribution in [2.45, 2.75) is 58.1 Å². The first-order chi connectivity index (χ1) is 6.55. The highest BCUT2D eigenvalue weighted by Gasteiger charge is 2.24. The molecule has 0 aromatic rings. The van der Waals surface area contributed by atoms with Gasteiger partial charge in [0.1, 0.15) is 0 Å². The first kappa shape index (κ1) is 12.0. The standard InChI is InChI=1S/C12H25NO/c1-10-7-5-6-8-11(10)13-9-12(2,3)14-4/h10-11,13H,5-9H2,1-4H3. The van der Waals surface area contributed by atoms with Gasteiger partial charge in [0.25, 0.3) is 0 Å². The lowest BCUT2D eigenvalue weighted by atomic mass is 9.85. The van der Waals surface area contributed by atoms with Crippen LogP contribution in [0.2, 0.25) is 0 Å². The Morgan fingerprint density at radius 1 is 1.29 bits per heavy atom. The SMILES string of the molecule is COC(C)(C)CNC1CCCCC1C. The van der Waals surface area contributed by atoms with Crippen LogP contribution in [-0.4, -0.2) is 25.3 Å². The molecule has 2 atom stereocenters. The Labute approximate surface area is 88.4 Å². The molecule has 84 valence electrons. The summed E-state index contributed by atoms with van der Waals surface area (Å²) in [5, 5.41) is 3.64. The third-order valence-corrected chi connectivity index (χ3v) is 3.45. The Morgan fingerprint density at radius 3 is 2.50 bits per heavy atom. The average Bonchev–Trinajstić information content (AvgIpc) is 2.17. The van der Waals surface area contributed by atoms with Gasteiger partial charge in [-0.15, -0.1) is 0 Å². The third-order valence-electron chi connectivity index (χ3n) is 3.45. The van der Waals surface area contributed by atoms with E-state index in [4.69, 9.17) is 4.74 Å². The maximum absolute atomic E-state index is 5.40. The highest BCUT2D eigenvalue weighted by molar-refractivity contribution is 4.81. The number of ether oxygens (including phenoxy) is 1. The van der Waals surface area contributed by atoms with Gasteiger partial charge in [-0.3, -0.25) is 0 Å². The van der Waals surface area contributed by atoms with Gasteiger partial charge in [0.15, 0.2) is 0 Å². The Balaban J connectivity index is 2.29. The molecule has 0 aromatic carbocycles. The van der Waals surface area contributed by atoms with Crippen molar-refractivity contribution in [2.75, 3.05) is 13.7 Å². The molecule has 0 amide bonds. The largest absolute Gasteiger partial charge is 0.377 e. The zero-order chi connectivity index (χ0) is 10.6. The molecule has 2 nitrogen and oxygen atoms in total. The second kappa shape index (κ2) is 5.13. The molecule has 1 aliphatic rings. The van der Waals surface area contributed by atoms with Gasteiger partial charge in [-0.1, -0.05) is 19.8 Å². The van der Waals surface area contributed by atoms with Crippen LogP contribution in [0.15, 0.2) is 0 Å². The van der Waals surface area contributed by atoms with Crippen molar-refractivity contribution in [1.29, 1.82) is 0 Å². The first-order valence-corrected chi connectivity index (χ1v) is 5.84. The van der Waals surface area contributed by atoms with Crippen molar-refractivity contribution in [1.82, 2.24) is 5.32 Å². The smallest absolute Gasteiger partial charge is 0.0746 e. The molecule has 1 rings (SSSR count). The van der Waals surface area contributed by atoms with E-state index in [1.165, 1.54) is 25.7 Å². The average molecular weight is 199 g/mol. The molecule has 14 heavy (non-hydrogen) atoms. The molecule has 0 aromatic heterocycles. The molecule has 0 bridgehead atoms. The second-order valence-electron chi connectivity index (χ2n) is 5.21. The fourth-order valence-corrected chi connectivity index (χ4v) is 2.07. The van der Waals surface area contributed by atoms with Crippen LogP contribution in [0, 0.1) is 5.92 Å². The zero-order valence-corrected chi connectivity index (χ0v) is 10.1. The summed E-state index contributed by atoms with van der Waals surface area (Å²) in [6.45, 7) is 7.58. The minimum Gasteiger partial charge on any atom is -0.377 e. The van der Waals surface area contributed by atoms with E-state index < -0.39 is 0 Å². The molecule has 0 saturated heterocycles. The lowest BCUT2D eigenvalue weighted by Crippen LogP contribution is -2.45. The fraction of sp³-hybridized carbons (Fsp3) is 1.00. The first-order valence-electron chi connectivity index (χ1n) is 5.84. The molecule has 2 unspecified atom stereocenters. The van der Waals surface area contributed by atoms with Gasteiger partial charge in [0.2, 0.25) is 0 Å². The predicted octanol–water partition coefficient (Wildman–Crippen LogP) is 2.58. The molecule has 0 aliphatic heterocycles. The normalized spacial score (nSPS) is 29.1. The summed E-state index contributed by atoms with van der Waals surface area (Å²) in [4.78, 5) is 0. The highest BCUT2D eigenvalue weighted by atomic mass is 16.5. The van der Waals surface area contributed by atoms with Gasteiger partial charge in [-0.05, 0) is 32.6 Å². The van der Waals surface area contributed by atoms with E-state index in [1.807, 2.05) is 0 Å². The number of rotatable bonds is 4. The Morgan fingerprint density at radius 2 is 1.93 bits per heavy atom. The molecular formula is C12H25NO. The molecule has 1 N–H and O–H groups in total. The summed E-state index contributed by atoms with van der Waals surface area (Å²) in [5.74, 6) is 0.830. The molecule has 0 spiro atoms. The van der Waals surface area contributed by atoms with Gasteiger partial charge in [0.05, 0.1) is 5.60 Å². The van der Waals surface area contributed by atoms with E-state index in [9.17, 15) is 0 Å². The summed E-state index contributed by atoms with van der Waals surface area (Å²) >= 11 is 0. The van der Waals surface area contributed by atoms with E-state index in [1.54, 1.807) is 7.11 Å². The molecular weight excluding hydrogens is 174 g/mol. The van der Waals surface area contributed by atoms with Crippen LogP contribution in [0.4, 0.5) is 0 Å². The summed E-state index contributed by atoms with van der Waals surface area (Å²) in [7, 11) is 1.78. The summed E-state index contributed by atoms with van der Waals surface area (Å²) in [5.41, 5.74) is -0.0306. The van der Waals surface area contributed by atoms with Crippen LogP contribution in [0.1, 0.15) is 46.5 Å². The molecule has 1 saturated carbocycles. The summed E-state index contributed by atoms with van der Waals surface area (Å²) < 4.78 is 5.40. The zero-order valence-electron chi connectivity index (χ0n) is 10.1. The minimum atomic E-state index is -0.0306. The van der Waals surface area contributed by atoms with Crippen molar-refractivity contribution in [3.8, 4) is 0 Å². The van der Waals surface area contributed by atoms with E-state index in [2.05, 4.69) is 26.1 Å². The van der Waals surface area contributed by atoms with Gasteiger partial charge in [-0.25, -0.2) is 0 Å². The van der Waals surface area contributed by atoms with Crippen LogP contribution < -0.4 is 5.32 Å². The van der Waals surface area contributed by atoms with Crippen molar-refractivity contribution < 1.29 is 4.74 Å². The third kappa shape index (κ3) is 3.58. The lowest BCUT2D eigenvalue weighted by molar-refractivity contribution is 0.0183. The van der Waals surface area contributed by atoms with Gasteiger partial charge in [0, 0.05) is 19.7 Å². The van der Waals surface area contributed by atoms with Crippen LogP contribution in [-0.2, 0) is 4.74 Å². The van der Waals surface area contributed by atoms with Crippen LogP contribution in [0.5, 0.6) is 0 Å². The molecule has 1 fully saturated rings. The fourth-order valence-electron chi connectivity index (χ4n) is 2.07. The molecule has 0 heterocycles. The Hall–Kier alpha value is -0.0800. The maximum atomic E-state index is 5.40. The van der Waals surface area contributed by atoms with Crippen molar-refractivity contribution in [3.63, 3.8) is 0 Å². The van der Waals surface area contributed by atoms with Crippen molar-refractivity contribution in [2.24, 2.45) is 5.92 Å². The van der Waals surface area contributed by atoms with Crippen molar-refractivity contribution in [3.05, 3.63) is 0 Å². The quantitative estimate of drug-likeness (QED) is 0.751. The number of methoxy groups -OCH3 is 1. The number of nitrogens with one attached hydrogen (secondary N) is 1. The summed E-state index contributed by atoms with van der Waals surface area (Å²) in [6, 6.07) is 0.707. The van der Waals surface area contributed by atoms with Crippen LogP contribution in [0.3, 0.4) is 0 Å². The topological polar surface area (TPSA) is 21.3 Å². The van der Waals surface area contributed by atoms with Crippen LogP contribution >= 0.6 is 0 Å². The molecule has 1 aliphatic carbocycles. The van der Waals surface area contributed by atoms with E-state index in [0.717, 1.165) is 12.5 Å². The lowest BCUT2D eigenvalue weighted by Gasteiger charge is -2.33. The number of hydrogen-bond acceptors (Lipinski definition) is 2. The van der Waals surface area contributed by atoms with Gasteiger partial charge in [-0.2, -0.15) is 0 Å².